The van der Waals surface area contributed by atoms with Gasteiger partial charge < -0.3 is 4.65 Å². The summed E-state index contributed by atoms with van der Waals surface area (Å²) in [7, 11) is 0.208. The zero-order valence-electron chi connectivity index (χ0n) is 3.36. The Bertz CT molecular complexity index is 23.6. The molecule has 0 aliphatic heterocycles. The maximum Gasteiger partial charge on any atom is 0.495 e. The molecule has 0 heterocycles. The van der Waals surface area contributed by atoms with Crippen molar-refractivity contribution in [3.05, 3.63) is 0 Å². The van der Waals surface area contributed by atoms with Crippen LogP contribution in [-0.2, 0) is 4.65 Å². The molecule has 0 N–H and O–H groups in total. The van der Waals surface area contributed by atoms with Crippen molar-refractivity contribution in [2.24, 2.45) is 0 Å². The summed E-state index contributed by atoms with van der Waals surface area (Å²) in [5.41, 5.74) is 0. The van der Waals surface area contributed by atoms with Gasteiger partial charge in [-0.05, 0) is 6.82 Å². The SMILES string of the molecule is COB(C)F. The lowest BCUT2D eigenvalue weighted by Gasteiger charge is -1.83. The fourth-order valence-corrected chi connectivity index (χ4v) is 0. The molecular weight excluding hydrogens is 69.8 g/mol. The van der Waals surface area contributed by atoms with Crippen LogP contribution in [0.4, 0.5) is 4.32 Å². The lowest BCUT2D eigenvalue weighted by molar-refractivity contribution is 0.383. The molecule has 30 valence electrons. The van der Waals surface area contributed by atoms with Crippen molar-refractivity contribution < 1.29 is 8.97 Å². The van der Waals surface area contributed by atoms with Crippen LogP contribution in [0.2, 0.25) is 6.82 Å². The number of rotatable bonds is 1. The highest BCUT2D eigenvalue weighted by atomic mass is 19.1. The Morgan fingerprint density at radius 1 is 1.80 bits per heavy atom. The maximum atomic E-state index is 11.2. The van der Waals surface area contributed by atoms with Crippen LogP contribution in [0.15, 0.2) is 0 Å². The van der Waals surface area contributed by atoms with Crippen LogP contribution >= 0.6 is 0 Å². The van der Waals surface area contributed by atoms with Gasteiger partial charge in [0.1, 0.15) is 0 Å². The molecule has 3 heteroatoms. The van der Waals surface area contributed by atoms with Gasteiger partial charge in [-0.3, -0.25) is 4.32 Å². The second-order valence-corrected chi connectivity index (χ2v) is 0.779. The molecule has 0 radical (unpaired) electrons. The van der Waals surface area contributed by atoms with E-state index in [4.69, 9.17) is 0 Å². The molecule has 0 aliphatic carbocycles. The highest BCUT2D eigenvalue weighted by molar-refractivity contribution is 6.41. The van der Waals surface area contributed by atoms with Gasteiger partial charge in [-0.2, -0.15) is 0 Å². The molecular formula is C2H6BFO. The average molecular weight is 75.9 g/mol. The second-order valence-electron chi connectivity index (χ2n) is 0.779. The predicted octanol–water partition coefficient (Wildman–Crippen LogP) is 0.720. The van der Waals surface area contributed by atoms with Crippen molar-refractivity contribution in [1.82, 2.24) is 0 Å². The van der Waals surface area contributed by atoms with E-state index in [1.807, 2.05) is 0 Å². The third-order valence-electron chi connectivity index (χ3n) is 0.325. The summed E-state index contributed by atoms with van der Waals surface area (Å²) in [6, 6.07) is 0. The predicted molar refractivity (Wildman–Crippen MR) is 19.7 cm³/mol. The first-order valence-corrected chi connectivity index (χ1v) is 1.44. The highest BCUT2D eigenvalue weighted by Gasteiger charge is 1.97. The molecule has 1 nitrogen and oxygen atoms in total. The molecule has 0 rings (SSSR count). The van der Waals surface area contributed by atoms with Crippen molar-refractivity contribution in [3.8, 4) is 0 Å². The summed E-state index contributed by atoms with van der Waals surface area (Å²) in [6.07, 6.45) is 0. The van der Waals surface area contributed by atoms with Crippen LogP contribution in [0, 0.1) is 0 Å². The second kappa shape index (κ2) is 2.21. The van der Waals surface area contributed by atoms with E-state index in [1.165, 1.54) is 13.9 Å². The monoisotopic (exact) mass is 76.0 g/mol. The van der Waals surface area contributed by atoms with Gasteiger partial charge in [-0.25, -0.2) is 0 Å². The summed E-state index contributed by atoms with van der Waals surface area (Å²) < 4.78 is 15.3. The molecule has 0 saturated heterocycles. The molecule has 0 fully saturated rings. The first-order valence-electron chi connectivity index (χ1n) is 1.44. The van der Waals surface area contributed by atoms with Gasteiger partial charge in [0.2, 0.25) is 0 Å². The minimum Gasteiger partial charge on any atom is -0.411 e. The van der Waals surface area contributed by atoms with E-state index in [0.29, 0.717) is 0 Å². The van der Waals surface area contributed by atoms with Gasteiger partial charge in [0.25, 0.3) is 0 Å². The summed E-state index contributed by atoms with van der Waals surface area (Å²) in [6.45, 7) is 1.33. The van der Waals surface area contributed by atoms with Crippen LogP contribution in [-0.4, -0.2) is 14.3 Å². The zero-order chi connectivity index (χ0) is 4.28. The van der Waals surface area contributed by atoms with Crippen LogP contribution in [0.3, 0.4) is 0 Å². The van der Waals surface area contributed by atoms with Gasteiger partial charge >= 0.3 is 7.19 Å². The molecule has 0 atom stereocenters. The first-order chi connectivity index (χ1) is 2.27. The maximum absolute atomic E-state index is 11.2. The lowest BCUT2D eigenvalue weighted by atomic mass is 10.0. The Morgan fingerprint density at radius 3 is 2.00 bits per heavy atom. The largest absolute Gasteiger partial charge is 0.495 e. The molecule has 0 saturated carbocycles. The van der Waals surface area contributed by atoms with E-state index in [1.54, 1.807) is 0 Å². The van der Waals surface area contributed by atoms with Crippen molar-refractivity contribution in [3.63, 3.8) is 0 Å². The van der Waals surface area contributed by atoms with Crippen molar-refractivity contribution in [2.75, 3.05) is 7.11 Å². The Morgan fingerprint density at radius 2 is 2.00 bits per heavy atom. The van der Waals surface area contributed by atoms with Crippen LogP contribution < -0.4 is 0 Å². The van der Waals surface area contributed by atoms with Crippen LogP contribution in [0.1, 0.15) is 0 Å². The normalized spacial score (nSPS) is 7.80. The Balaban J connectivity index is 2.54. The Labute approximate surface area is 31.3 Å². The third kappa shape index (κ3) is 3.95. The number of hydrogen-bond acceptors (Lipinski definition) is 1. The summed E-state index contributed by atoms with van der Waals surface area (Å²) >= 11 is 0. The molecule has 0 aromatic carbocycles. The zero-order valence-corrected chi connectivity index (χ0v) is 3.36. The number of hydrogen-bond donors (Lipinski definition) is 0. The van der Waals surface area contributed by atoms with E-state index in [-0.39, 0.29) is 0 Å². The van der Waals surface area contributed by atoms with E-state index in [0.717, 1.165) is 0 Å². The standard InChI is InChI=1S/C2H6BFO/c1-3(4)5-2/h1-2H3. The van der Waals surface area contributed by atoms with Gasteiger partial charge in [0, 0.05) is 7.11 Å². The fraction of sp³-hybridized carbons (Fsp3) is 1.00. The minimum atomic E-state index is -1.12. The summed E-state index contributed by atoms with van der Waals surface area (Å²) in [5, 5.41) is 0. The van der Waals surface area contributed by atoms with E-state index in [9.17, 15) is 4.32 Å². The van der Waals surface area contributed by atoms with Crippen LogP contribution in [0.5, 0.6) is 0 Å². The molecule has 0 aromatic rings. The Hall–Kier alpha value is -0.0451. The highest BCUT2D eigenvalue weighted by Crippen LogP contribution is 1.77. The summed E-state index contributed by atoms with van der Waals surface area (Å²) in [4.78, 5) is 0. The first kappa shape index (κ1) is 4.95. The van der Waals surface area contributed by atoms with Crippen molar-refractivity contribution >= 4 is 7.19 Å². The van der Waals surface area contributed by atoms with Crippen molar-refractivity contribution in [2.45, 2.75) is 6.82 Å². The molecule has 0 aliphatic rings. The lowest BCUT2D eigenvalue weighted by Crippen LogP contribution is -1.99. The average Bonchev–Trinajstić information content (AvgIpc) is 1.38. The molecule has 0 bridgehead atoms. The van der Waals surface area contributed by atoms with E-state index < -0.39 is 7.19 Å². The Kier molecular flexibility index (Phi) is 2.19. The molecule has 5 heavy (non-hydrogen) atoms. The van der Waals surface area contributed by atoms with Gasteiger partial charge in [-0.15, -0.1) is 0 Å². The number of halogens is 1. The van der Waals surface area contributed by atoms with Gasteiger partial charge in [0.05, 0.1) is 0 Å². The molecule has 0 unspecified atom stereocenters. The molecule has 0 amide bonds. The smallest absolute Gasteiger partial charge is 0.411 e. The van der Waals surface area contributed by atoms with Gasteiger partial charge in [-0.1, -0.05) is 0 Å². The van der Waals surface area contributed by atoms with E-state index >= 15 is 0 Å². The molecule has 0 aromatic heterocycles. The third-order valence-corrected chi connectivity index (χ3v) is 0.325. The molecule has 0 spiro atoms. The fourth-order valence-electron chi connectivity index (χ4n) is 0. The van der Waals surface area contributed by atoms with Crippen LogP contribution in [0.25, 0.3) is 0 Å². The van der Waals surface area contributed by atoms with E-state index in [2.05, 4.69) is 4.65 Å². The minimum absolute atomic E-state index is 1.12. The van der Waals surface area contributed by atoms with Crippen molar-refractivity contribution in [1.29, 1.82) is 0 Å². The quantitative estimate of drug-likeness (QED) is 0.418. The van der Waals surface area contributed by atoms with Gasteiger partial charge in [0.15, 0.2) is 0 Å². The topological polar surface area (TPSA) is 9.23 Å². The summed E-state index contributed by atoms with van der Waals surface area (Å²) in [5.74, 6) is 0.